The number of ether oxygens (including phenoxy) is 1. The lowest BCUT2D eigenvalue weighted by molar-refractivity contribution is -0.145. The molecule has 0 radical (unpaired) electrons. The Labute approximate surface area is 118 Å². The summed E-state index contributed by atoms with van der Waals surface area (Å²) in [5.41, 5.74) is 0.861. The van der Waals surface area contributed by atoms with Crippen LogP contribution in [-0.4, -0.2) is 42.1 Å². The van der Waals surface area contributed by atoms with Crippen LogP contribution in [0.15, 0.2) is 24.3 Å². The average Bonchev–Trinajstić information content (AvgIpc) is 2.48. The van der Waals surface area contributed by atoms with Crippen LogP contribution >= 0.6 is 0 Å². The van der Waals surface area contributed by atoms with Gasteiger partial charge in [0.15, 0.2) is 0 Å². The van der Waals surface area contributed by atoms with Gasteiger partial charge in [0.05, 0.1) is 19.4 Å². The van der Waals surface area contributed by atoms with Gasteiger partial charge >= 0.3 is 5.97 Å². The number of carboxylic acids is 1. The lowest BCUT2D eigenvalue weighted by atomic mass is 9.96. The van der Waals surface area contributed by atoms with Crippen molar-refractivity contribution in [2.75, 3.05) is 20.2 Å². The summed E-state index contributed by atoms with van der Waals surface area (Å²) in [4.78, 5) is 24.9. The topological polar surface area (TPSA) is 66.8 Å². The van der Waals surface area contributed by atoms with Crippen LogP contribution in [0.2, 0.25) is 0 Å². The van der Waals surface area contributed by atoms with Gasteiger partial charge in [0.1, 0.15) is 5.75 Å². The first-order valence-corrected chi connectivity index (χ1v) is 6.74. The lowest BCUT2D eigenvalue weighted by Crippen LogP contribution is -2.41. The van der Waals surface area contributed by atoms with Crippen molar-refractivity contribution in [3.05, 3.63) is 29.8 Å². The third kappa shape index (κ3) is 3.29. The minimum Gasteiger partial charge on any atom is -0.496 e. The van der Waals surface area contributed by atoms with Gasteiger partial charge in [-0.15, -0.1) is 0 Å². The number of aliphatic carboxylic acids is 1. The number of rotatable bonds is 4. The van der Waals surface area contributed by atoms with Crippen LogP contribution in [-0.2, 0) is 16.0 Å². The maximum absolute atomic E-state index is 12.2. The van der Waals surface area contributed by atoms with E-state index in [1.807, 2.05) is 24.3 Å². The number of benzene rings is 1. The summed E-state index contributed by atoms with van der Waals surface area (Å²) in [6, 6.07) is 7.45. The zero-order chi connectivity index (χ0) is 14.5. The number of nitrogens with zero attached hydrogens (tertiary/aromatic N) is 1. The van der Waals surface area contributed by atoms with Gasteiger partial charge in [0.25, 0.3) is 0 Å². The molecule has 0 saturated carbocycles. The van der Waals surface area contributed by atoms with Crippen molar-refractivity contribution in [1.82, 2.24) is 4.90 Å². The fourth-order valence-corrected chi connectivity index (χ4v) is 2.50. The highest BCUT2D eigenvalue weighted by Crippen LogP contribution is 2.21. The third-order valence-electron chi connectivity index (χ3n) is 3.73. The van der Waals surface area contributed by atoms with Crippen LogP contribution in [0.25, 0.3) is 0 Å². The molecule has 0 aliphatic carbocycles. The lowest BCUT2D eigenvalue weighted by Gasteiger charge is -2.30. The fraction of sp³-hybridized carbons (Fsp3) is 0.467. The maximum atomic E-state index is 12.2. The molecule has 2 rings (SSSR count). The Morgan fingerprint density at radius 1 is 1.30 bits per heavy atom. The van der Waals surface area contributed by atoms with E-state index in [-0.39, 0.29) is 11.8 Å². The number of carboxylic acid groups (broad SMARTS) is 1. The summed E-state index contributed by atoms with van der Waals surface area (Å²) >= 11 is 0. The van der Waals surface area contributed by atoms with Crippen molar-refractivity contribution in [2.45, 2.75) is 19.3 Å². The standard InChI is InChI=1S/C15H19NO4/c1-20-13-5-3-2-4-12(13)10-14(17)16-8-6-11(7-9-16)15(18)19/h2-5,11H,6-10H2,1H3,(H,18,19). The summed E-state index contributed by atoms with van der Waals surface area (Å²) in [5, 5.41) is 8.95. The van der Waals surface area contributed by atoms with E-state index < -0.39 is 5.97 Å². The van der Waals surface area contributed by atoms with E-state index in [9.17, 15) is 9.59 Å². The van der Waals surface area contributed by atoms with Crippen LogP contribution in [0.1, 0.15) is 18.4 Å². The zero-order valence-electron chi connectivity index (χ0n) is 11.5. The van der Waals surface area contributed by atoms with Crippen molar-refractivity contribution in [1.29, 1.82) is 0 Å². The van der Waals surface area contributed by atoms with Crippen molar-refractivity contribution in [3.63, 3.8) is 0 Å². The van der Waals surface area contributed by atoms with Crippen molar-refractivity contribution in [2.24, 2.45) is 5.92 Å². The van der Waals surface area contributed by atoms with Gasteiger partial charge in [-0.1, -0.05) is 18.2 Å². The number of methoxy groups -OCH3 is 1. The molecule has 0 atom stereocenters. The van der Waals surface area contributed by atoms with E-state index in [4.69, 9.17) is 9.84 Å². The zero-order valence-corrected chi connectivity index (χ0v) is 11.5. The average molecular weight is 277 g/mol. The van der Waals surface area contributed by atoms with E-state index in [2.05, 4.69) is 0 Å². The first-order valence-electron chi connectivity index (χ1n) is 6.74. The summed E-state index contributed by atoms with van der Waals surface area (Å²) < 4.78 is 5.23. The van der Waals surface area contributed by atoms with E-state index >= 15 is 0 Å². The van der Waals surface area contributed by atoms with E-state index in [1.165, 1.54) is 0 Å². The van der Waals surface area contributed by atoms with Gasteiger partial charge in [-0.05, 0) is 18.9 Å². The highest BCUT2D eigenvalue weighted by molar-refractivity contribution is 5.80. The number of carbonyl (C=O) groups excluding carboxylic acids is 1. The van der Waals surface area contributed by atoms with Crippen LogP contribution in [0.3, 0.4) is 0 Å². The number of likely N-dealkylation sites (tertiary alicyclic amines) is 1. The molecule has 108 valence electrons. The molecule has 0 unspecified atom stereocenters. The summed E-state index contributed by atoms with van der Waals surface area (Å²) in [6.07, 6.45) is 1.36. The number of piperidine rings is 1. The highest BCUT2D eigenvalue weighted by atomic mass is 16.5. The molecule has 1 aromatic rings. The number of para-hydroxylation sites is 1. The quantitative estimate of drug-likeness (QED) is 0.907. The Morgan fingerprint density at radius 3 is 2.55 bits per heavy atom. The molecule has 0 spiro atoms. The predicted octanol–water partition coefficient (Wildman–Crippen LogP) is 1.56. The Bertz CT molecular complexity index is 492. The maximum Gasteiger partial charge on any atom is 0.306 e. The number of carbonyl (C=O) groups is 2. The monoisotopic (exact) mass is 277 g/mol. The first-order chi connectivity index (χ1) is 9.61. The summed E-state index contributed by atoms with van der Waals surface area (Å²) in [6.45, 7) is 1.04. The number of amides is 1. The summed E-state index contributed by atoms with van der Waals surface area (Å²) in [7, 11) is 1.58. The summed E-state index contributed by atoms with van der Waals surface area (Å²) in [5.74, 6) is -0.341. The van der Waals surface area contributed by atoms with Gasteiger partial charge in [0.2, 0.25) is 5.91 Å². The van der Waals surface area contributed by atoms with Crippen LogP contribution in [0, 0.1) is 5.92 Å². The largest absolute Gasteiger partial charge is 0.496 e. The third-order valence-corrected chi connectivity index (χ3v) is 3.73. The van der Waals surface area contributed by atoms with E-state index in [0.717, 1.165) is 5.56 Å². The van der Waals surface area contributed by atoms with Crippen LogP contribution < -0.4 is 4.74 Å². The molecule has 0 aromatic heterocycles. The molecule has 1 aliphatic rings. The minimum absolute atomic E-state index is 0.0262. The Morgan fingerprint density at radius 2 is 1.95 bits per heavy atom. The molecule has 1 aromatic carbocycles. The number of hydrogen-bond donors (Lipinski definition) is 1. The molecular weight excluding hydrogens is 258 g/mol. The Hall–Kier alpha value is -2.04. The normalized spacial score (nSPS) is 15.9. The molecule has 0 bridgehead atoms. The Balaban J connectivity index is 1.94. The molecule has 5 nitrogen and oxygen atoms in total. The predicted molar refractivity (Wildman–Crippen MR) is 73.6 cm³/mol. The van der Waals surface area contributed by atoms with Gasteiger partial charge < -0.3 is 14.7 Å². The molecule has 1 N–H and O–H groups in total. The van der Waals surface area contributed by atoms with Crippen molar-refractivity contribution < 1.29 is 19.4 Å². The molecule has 1 saturated heterocycles. The van der Waals surface area contributed by atoms with E-state index in [1.54, 1.807) is 12.0 Å². The van der Waals surface area contributed by atoms with Gasteiger partial charge in [-0.25, -0.2) is 0 Å². The molecule has 5 heteroatoms. The SMILES string of the molecule is COc1ccccc1CC(=O)N1CCC(C(=O)O)CC1. The van der Waals surface area contributed by atoms with E-state index in [0.29, 0.717) is 38.1 Å². The first kappa shape index (κ1) is 14.4. The molecule has 1 aliphatic heterocycles. The van der Waals surface area contributed by atoms with Gasteiger partial charge in [-0.3, -0.25) is 9.59 Å². The van der Waals surface area contributed by atoms with Crippen LogP contribution in [0.4, 0.5) is 0 Å². The van der Waals surface area contributed by atoms with Crippen LogP contribution in [0.5, 0.6) is 5.75 Å². The molecule has 1 fully saturated rings. The van der Waals surface area contributed by atoms with Gasteiger partial charge in [-0.2, -0.15) is 0 Å². The smallest absolute Gasteiger partial charge is 0.306 e. The second-order valence-electron chi connectivity index (χ2n) is 4.98. The van der Waals surface area contributed by atoms with Gasteiger partial charge in [0, 0.05) is 18.7 Å². The van der Waals surface area contributed by atoms with Crippen molar-refractivity contribution in [3.8, 4) is 5.75 Å². The molecule has 1 amide bonds. The molecular formula is C15H19NO4. The Kier molecular flexibility index (Phi) is 4.61. The van der Waals surface area contributed by atoms with Crippen molar-refractivity contribution >= 4 is 11.9 Å². The number of hydrogen-bond acceptors (Lipinski definition) is 3. The fourth-order valence-electron chi connectivity index (χ4n) is 2.50. The minimum atomic E-state index is -0.762. The second-order valence-corrected chi connectivity index (χ2v) is 4.98. The second kappa shape index (κ2) is 6.41. The molecule has 1 heterocycles. The highest BCUT2D eigenvalue weighted by Gasteiger charge is 2.27. The molecule has 20 heavy (non-hydrogen) atoms.